The van der Waals surface area contributed by atoms with Gasteiger partial charge in [-0.3, -0.25) is 4.98 Å². The first kappa shape index (κ1) is 15.9. The maximum Gasteiger partial charge on any atom is 0.387 e. The van der Waals surface area contributed by atoms with Crippen molar-refractivity contribution in [1.29, 1.82) is 0 Å². The van der Waals surface area contributed by atoms with E-state index in [2.05, 4.69) is 31.0 Å². The van der Waals surface area contributed by atoms with Crippen molar-refractivity contribution in [1.82, 2.24) is 10.3 Å². The van der Waals surface area contributed by atoms with Crippen molar-refractivity contribution in [3.63, 3.8) is 0 Å². The Balaban J connectivity index is 2.02. The standard InChI is InChI=1S/C15H15BrF2N2O/c1-10-3-2-6-20-13(10)9-19-8-11-7-12(16)4-5-14(11)21-15(17)18/h2-7,15,19H,8-9H2,1H3. The number of rotatable bonds is 6. The third-order valence-corrected chi connectivity index (χ3v) is 3.46. The zero-order valence-corrected chi connectivity index (χ0v) is 13.0. The molecule has 1 N–H and O–H groups in total. The summed E-state index contributed by atoms with van der Waals surface area (Å²) in [5, 5.41) is 3.19. The predicted molar refractivity (Wildman–Crippen MR) is 80.3 cm³/mol. The Hall–Kier alpha value is -1.53. The SMILES string of the molecule is Cc1cccnc1CNCc1cc(Br)ccc1OC(F)F. The normalized spacial score (nSPS) is 10.9. The van der Waals surface area contributed by atoms with Crippen molar-refractivity contribution < 1.29 is 13.5 Å². The van der Waals surface area contributed by atoms with Crippen LogP contribution in [0.3, 0.4) is 0 Å². The number of aryl methyl sites for hydroxylation is 1. The molecule has 0 radical (unpaired) electrons. The molecule has 0 unspecified atom stereocenters. The molecular formula is C15H15BrF2N2O. The smallest absolute Gasteiger partial charge is 0.387 e. The number of nitrogens with zero attached hydrogens (tertiary/aromatic N) is 1. The molecule has 112 valence electrons. The summed E-state index contributed by atoms with van der Waals surface area (Å²) in [7, 11) is 0. The van der Waals surface area contributed by atoms with Crippen molar-refractivity contribution in [2.24, 2.45) is 0 Å². The highest BCUT2D eigenvalue weighted by Gasteiger charge is 2.10. The first-order valence-electron chi connectivity index (χ1n) is 6.40. The van der Waals surface area contributed by atoms with Crippen molar-refractivity contribution in [3.8, 4) is 5.75 Å². The Kier molecular flexibility index (Phi) is 5.64. The molecule has 2 aromatic rings. The predicted octanol–water partition coefficient (Wildman–Crippen LogP) is 4.04. The fourth-order valence-corrected chi connectivity index (χ4v) is 2.32. The maximum atomic E-state index is 12.4. The highest BCUT2D eigenvalue weighted by Crippen LogP contribution is 2.24. The second kappa shape index (κ2) is 7.47. The van der Waals surface area contributed by atoms with Gasteiger partial charge in [-0.2, -0.15) is 8.78 Å². The molecule has 0 aliphatic carbocycles. The maximum absolute atomic E-state index is 12.4. The van der Waals surface area contributed by atoms with Crippen LogP contribution in [0.15, 0.2) is 41.0 Å². The van der Waals surface area contributed by atoms with E-state index in [1.54, 1.807) is 18.3 Å². The number of halogens is 3. The number of benzene rings is 1. The average molecular weight is 357 g/mol. The topological polar surface area (TPSA) is 34.2 Å². The van der Waals surface area contributed by atoms with Crippen molar-refractivity contribution in [2.45, 2.75) is 26.6 Å². The van der Waals surface area contributed by atoms with Crippen molar-refractivity contribution in [3.05, 3.63) is 57.8 Å². The molecule has 1 aromatic carbocycles. The van der Waals surface area contributed by atoms with Crippen LogP contribution in [0.2, 0.25) is 0 Å². The van der Waals surface area contributed by atoms with Gasteiger partial charge in [-0.25, -0.2) is 0 Å². The van der Waals surface area contributed by atoms with Crippen molar-refractivity contribution >= 4 is 15.9 Å². The van der Waals surface area contributed by atoms with Gasteiger partial charge in [-0.15, -0.1) is 0 Å². The van der Waals surface area contributed by atoms with Crippen LogP contribution < -0.4 is 10.1 Å². The van der Waals surface area contributed by atoms with Gasteiger partial charge >= 0.3 is 6.61 Å². The summed E-state index contributed by atoms with van der Waals surface area (Å²) in [4.78, 5) is 4.27. The van der Waals surface area contributed by atoms with E-state index >= 15 is 0 Å². The van der Waals surface area contributed by atoms with Gasteiger partial charge in [0.05, 0.1) is 5.69 Å². The van der Waals surface area contributed by atoms with Gasteiger partial charge in [0.2, 0.25) is 0 Å². The number of ether oxygens (including phenoxy) is 1. The fourth-order valence-electron chi connectivity index (χ4n) is 1.92. The summed E-state index contributed by atoms with van der Waals surface area (Å²) in [6.45, 7) is 0.127. The number of alkyl halides is 2. The molecule has 0 aliphatic heterocycles. The van der Waals surface area contributed by atoms with Gasteiger partial charge in [-0.1, -0.05) is 22.0 Å². The minimum Gasteiger partial charge on any atom is -0.434 e. The fraction of sp³-hybridized carbons (Fsp3) is 0.267. The third-order valence-electron chi connectivity index (χ3n) is 2.96. The summed E-state index contributed by atoms with van der Waals surface area (Å²) >= 11 is 3.33. The van der Waals surface area contributed by atoms with E-state index in [4.69, 9.17) is 0 Å². The van der Waals surface area contributed by atoms with E-state index in [0.29, 0.717) is 18.7 Å². The van der Waals surface area contributed by atoms with Gasteiger partial charge in [0.1, 0.15) is 5.75 Å². The molecule has 0 bridgehead atoms. The Labute approximate surface area is 130 Å². The third kappa shape index (κ3) is 4.75. The van der Waals surface area contributed by atoms with E-state index < -0.39 is 6.61 Å². The summed E-state index contributed by atoms with van der Waals surface area (Å²) in [6, 6.07) is 8.82. The molecule has 2 rings (SSSR count). The zero-order valence-electron chi connectivity index (χ0n) is 11.4. The van der Waals surface area contributed by atoms with E-state index in [9.17, 15) is 8.78 Å². The molecule has 0 atom stereocenters. The minimum atomic E-state index is -2.83. The molecule has 0 spiro atoms. The summed E-state index contributed by atoms with van der Waals surface area (Å²) in [5.74, 6) is 0.179. The monoisotopic (exact) mass is 356 g/mol. The Morgan fingerprint density at radius 2 is 2.10 bits per heavy atom. The molecule has 1 aromatic heterocycles. The van der Waals surface area contributed by atoms with Crippen molar-refractivity contribution in [2.75, 3.05) is 0 Å². The average Bonchev–Trinajstić information content (AvgIpc) is 2.43. The Morgan fingerprint density at radius 1 is 1.29 bits per heavy atom. The second-order valence-corrected chi connectivity index (χ2v) is 5.42. The van der Waals surface area contributed by atoms with Crippen LogP contribution >= 0.6 is 15.9 Å². The van der Waals surface area contributed by atoms with E-state index in [0.717, 1.165) is 15.7 Å². The summed E-state index contributed by atoms with van der Waals surface area (Å²) in [6.07, 6.45) is 1.73. The molecule has 3 nitrogen and oxygen atoms in total. The van der Waals surface area contributed by atoms with E-state index in [1.807, 2.05) is 19.1 Å². The molecular weight excluding hydrogens is 342 g/mol. The molecule has 0 saturated carbocycles. The highest BCUT2D eigenvalue weighted by atomic mass is 79.9. The molecule has 1 heterocycles. The molecule has 0 fully saturated rings. The molecule has 6 heteroatoms. The number of aromatic nitrogens is 1. The van der Waals surface area contributed by atoms with Crippen LogP contribution in [0.5, 0.6) is 5.75 Å². The number of hydrogen-bond donors (Lipinski definition) is 1. The van der Waals surface area contributed by atoms with Crippen LogP contribution in [0.1, 0.15) is 16.8 Å². The van der Waals surface area contributed by atoms with Gasteiger partial charge in [0.15, 0.2) is 0 Å². The number of hydrogen-bond acceptors (Lipinski definition) is 3. The van der Waals surface area contributed by atoms with Crippen LogP contribution in [-0.4, -0.2) is 11.6 Å². The summed E-state index contributed by atoms with van der Waals surface area (Å²) < 4.78 is 30.1. The van der Waals surface area contributed by atoms with Crippen LogP contribution in [0.25, 0.3) is 0 Å². The lowest BCUT2D eigenvalue weighted by molar-refractivity contribution is -0.0505. The lowest BCUT2D eigenvalue weighted by atomic mass is 10.2. The number of nitrogens with one attached hydrogen (secondary N) is 1. The van der Waals surface area contributed by atoms with Crippen LogP contribution in [-0.2, 0) is 13.1 Å². The van der Waals surface area contributed by atoms with Crippen LogP contribution in [0, 0.1) is 6.92 Å². The Morgan fingerprint density at radius 3 is 2.81 bits per heavy atom. The first-order valence-corrected chi connectivity index (χ1v) is 7.20. The van der Waals surface area contributed by atoms with E-state index in [1.165, 1.54) is 6.07 Å². The lowest BCUT2D eigenvalue weighted by Gasteiger charge is -2.12. The zero-order chi connectivity index (χ0) is 15.2. The highest BCUT2D eigenvalue weighted by molar-refractivity contribution is 9.10. The summed E-state index contributed by atoms with van der Waals surface area (Å²) in [5.41, 5.74) is 2.69. The van der Waals surface area contributed by atoms with Gasteiger partial charge in [-0.05, 0) is 36.8 Å². The quantitative estimate of drug-likeness (QED) is 0.847. The minimum absolute atomic E-state index is 0.179. The Bertz CT molecular complexity index is 608. The van der Waals surface area contributed by atoms with Gasteiger partial charge in [0.25, 0.3) is 0 Å². The largest absolute Gasteiger partial charge is 0.434 e. The molecule has 21 heavy (non-hydrogen) atoms. The molecule has 0 saturated heterocycles. The number of pyridine rings is 1. The molecule has 0 amide bonds. The van der Waals surface area contributed by atoms with Gasteiger partial charge in [0, 0.05) is 29.3 Å². The first-order chi connectivity index (χ1) is 10.1. The van der Waals surface area contributed by atoms with Crippen LogP contribution in [0.4, 0.5) is 8.78 Å². The lowest BCUT2D eigenvalue weighted by Crippen LogP contribution is -2.16. The molecule has 0 aliphatic rings. The second-order valence-electron chi connectivity index (χ2n) is 4.50. The van der Waals surface area contributed by atoms with Gasteiger partial charge < -0.3 is 10.1 Å². The van der Waals surface area contributed by atoms with E-state index in [-0.39, 0.29) is 5.75 Å².